The molecule has 1 aromatic carbocycles. The van der Waals surface area contributed by atoms with Crippen LogP contribution in [0.3, 0.4) is 0 Å². The Balaban J connectivity index is 1.72. The highest BCUT2D eigenvalue weighted by Crippen LogP contribution is 2.18. The van der Waals surface area contributed by atoms with Gasteiger partial charge >= 0.3 is 0 Å². The number of hydrogen-bond donors (Lipinski definition) is 1. The normalized spacial score (nSPS) is 12.1. The van der Waals surface area contributed by atoms with Crippen molar-refractivity contribution in [1.82, 2.24) is 25.0 Å². The van der Waals surface area contributed by atoms with Crippen LogP contribution < -0.4 is 5.32 Å². The molecule has 3 aromatic rings. The van der Waals surface area contributed by atoms with Crippen molar-refractivity contribution in [3.63, 3.8) is 0 Å². The van der Waals surface area contributed by atoms with Gasteiger partial charge in [-0.2, -0.15) is 15.0 Å². The van der Waals surface area contributed by atoms with E-state index in [-0.39, 0.29) is 6.04 Å². The largest absolute Gasteiger partial charge is 0.377 e. The van der Waals surface area contributed by atoms with Crippen LogP contribution in [-0.4, -0.2) is 25.0 Å². The lowest BCUT2D eigenvalue weighted by molar-refractivity contribution is 0.752. The molecule has 2 aromatic heterocycles. The summed E-state index contributed by atoms with van der Waals surface area (Å²) in [5, 5.41) is 11.6. The Morgan fingerprint density at radius 1 is 1.00 bits per heavy atom. The molecule has 0 radical (unpaired) electrons. The van der Waals surface area contributed by atoms with Crippen molar-refractivity contribution >= 4 is 5.69 Å². The Labute approximate surface area is 116 Å². The van der Waals surface area contributed by atoms with E-state index in [0.717, 1.165) is 17.1 Å². The Morgan fingerprint density at radius 3 is 2.40 bits per heavy atom. The molecule has 100 valence electrons. The van der Waals surface area contributed by atoms with Gasteiger partial charge in [0, 0.05) is 18.1 Å². The predicted octanol–water partition coefficient (Wildman–Crippen LogP) is 2.23. The molecule has 0 aliphatic heterocycles. The first-order valence-electron chi connectivity index (χ1n) is 6.32. The molecule has 0 fully saturated rings. The van der Waals surface area contributed by atoms with E-state index in [1.165, 1.54) is 0 Å². The van der Waals surface area contributed by atoms with E-state index in [1.54, 1.807) is 35.8 Å². The summed E-state index contributed by atoms with van der Waals surface area (Å²) in [6.07, 6.45) is 8.44. The molecule has 0 saturated carbocycles. The Kier molecular flexibility index (Phi) is 3.36. The highest BCUT2D eigenvalue weighted by molar-refractivity contribution is 5.49. The van der Waals surface area contributed by atoms with Crippen LogP contribution in [0.4, 0.5) is 5.69 Å². The van der Waals surface area contributed by atoms with Gasteiger partial charge in [-0.05, 0) is 31.2 Å². The molecule has 1 atom stereocenters. The second-order valence-corrected chi connectivity index (χ2v) is 4.36. The molecule has 2 heterocycles. The van der Waals surface area contributed by atoms with E-state index in [0.29, 0.717) is 0 Å². The van der Waals surface area contributed by atoms with E-state index in [4.69, 9.17) is 0 Å². The van der Waals surface area contributed by atoms with Gasteiger partial charge in [0.1, 0.15) is 0 Å². The fraction of sp³-hybridized carbons (Fsp3) is 0.143. The smallest absolute Gasteiger partial charge is 0.0858 e. The molecule has 0 aliphatic carbocycles. The minimum Gasteiger partial charge on any atom is -0.377 e. The molecule has 0 bridgehead atoms. The second-order valence-electron chi connectivity index (χ2n) is 4.36. The summed E-state index contributed by atoms with van der Waals surface area (Å²) in [7, 11) is 0. The molecule has 0 amide bonds. The molecule has 0 saturated heterocycles. The molecule has 1 unspecified atom stereocenters. The predicted molar refractivity (Wildman–Crippen MR) is 75.4 cm³/mol. The Morgan fingerprint density at radius 2 is 1.75 bits per heavy atom. The average molecular weight is 266 g/mol. The number of aromatic nitrogens is 5. The minimum absolute atomic E-state index is 0.0948. The minimum atomic E-state index is 0.0948. The molecule has 1 N–H and O–H groups in total. The van der Waals surface area contributed by atoms with Crippen LogP contribution in [0.2, 0.25) is 0 Å². The molecule has 6 heteroatoms. The van der Waals surface area contributed by atoms with Crippen molar-refractivity contribution < 1.29 is 0 Å². The van der Waals surface area contributed by atoms with E-state index >= 15 is 0 Å². The van der Waals surface area contributed by atoms with Gasteiger partial charge in [-0.25, -0.2) is 0 Å². The Bertz CT molecular complexity index is 648. The maximum absolute atomic E-state index is 4.28. The number of anilines is 1. The molecule has 0 spiro atoms. The van der Waals surface area contributed by atoms with Gasteiger partial charge in [-0.3, -0.25) is 9.97 Å². The number of rotatable bonds is 4. The van der Waals surface area contributed by atoms with Crippen molar-refractivity contribution in [3.8, 4) is 5.69 Å². The summed E-state index contributed by atoms with van der Waals surface area (Å²) in [6.45, 7) is 2.05. The maximum atomic E-state index is 4.28. The van der Waals surface area contributed by atoms with Crippen molar-refractivity contribution in [3.05, 3.63) is 60.9 Å². The third-order valence-electron chi connectivity index (χ3n) is 2.93. The zero-order valence-electron chi connectivity index (χ0n) is 11.0. The number of hydrogen-bond acceptors (Lipinski definition) is 5. The molecular weight excluding hydrogens is 252 g/mol. The van der Waals surface area contributed by atoms with Crippen LogP contribution in [-0.2, 0) is 0 Å². The third-order valence-corrected chi connectivity index (χ3v) is 2.93. The lowest BCUT2D eigenvalue weighted by atomic mass is 10.2. The zero-order chi connectivity index (χ0) is 13.8. The van der Waals surface area contributed by atoms with Crippen molar-refractivity contribution in [2.45, 2.75) is 13.0 Å². The van der Waals surface area contributed by atoms with E-state index in [2.05, 4.69) is 25.5 Å². The first-order chi connectivity index (χ1) is 9.83. The van der Waals surface area contributed by atoms with Crippen molar-refractivity contribution in [1.29, 1.82) is 0 Å². The van der Waals surface area contributed by atoms with Gasteiger partial charge in [-0.1, -0.05) is 0 Å². The lowest BCUT2D eigenvalue weighted by Gasteiger charge is -2.14. The monoisotopic (exact) mass is 266 g/mol. The quantitative estimate of drug-likeness (QED) is 0.784. The number of nitrogens with zero attached hydrogens (tertiary/aromatic N) is 5. The molecule has 0 aliphatic rings. The SMILES string of the molecule is CC(Nc1ccc(-n2nccn2)cc1)c1cnccn1. The van der Waals surface area contributed by atoms with Gasteiger partial charge in [0.2, 0.25) is 0 Å². The van der Waals surface area contributed by atoms with Crippen molar-refractivity contribution in [2.24, 2.45) is 0 Å². The summed E-state index contributed by atoms with van der Waals surface area (Å²) in [6, 6.07) is 8.01. The summed E-state index contributed by atoms with van der Waals surface area (Å²) in [5.41, 5.74) is 2.84. The standard InChI is InChI=1S/C14H14N6/c1-11(14-10-15-6-7-16-14)19-12-2-4-13(5-3-12)20-17-8-9-18-20/h2-11,19H,1H3. The second kappa shape index (κ2) is 5.48. The van der Waals surface area contributed by atoms with Gasteiger partial charge in [0.05, 0.1) is 36.0 Å². The van der Waals surface area contributed by atoms with Crippen LogP contribution in [0.15, 0.2) is 55.2 Å². The summed E-state index contributed by atoms with van der Waals surface area (Å²) in [5.74, 6) is 0. The van der Waals surface area contributed by atoms with Crippen LogP contribution >= 0.6 is 0 Å². The van der Waals surface area contributed by atoms with E-state index < -0.39 is 0 Å². The van der Waals surface area contributed by atoms with E-state index in [9.17, 15) is 0 Å². The lowest BCUT2D eigenvalue weighted by Crippen LogP contribution is -2.08. The van der Waals surface area contributed by atoms with Crippen LogP contribution in [0.5, 0.6) is 0 Å². The summed E-state index contributed by atoms with van der Waals surface area (Å²) < 4.78 is 0. The van der Waals surface area contributed by atoms with Crippen LogP contribution in [0, 0.1) is 0 Å². The summed E-state index contributed by atoms with van der Waals surface area (Å²) in [4.78, 5) is 9.94. The highest BCUT2D eigenvalue weighted by atomic mass is 15.5. The molecule has 6 nitrogen and oxygen atoms in total. The third kappa shape index (κ3) is 2.64. The number of nitrogens with one attached hydrogen (secondary N) is 1. The maximum Gasteiger partial charge on any atom is 0.0858 e. The first kappa shape index (κ1) is 12.3. The van der Waals surface area contributed by atoms with E-state index in [1.807, 2.05) is 31.2 Å². The van der Waals surface area contributed by atoms with Crippen molar-refractivity contribution in [2.75, 3.05) is 5.32 Å². The number of benzene rings is 1. The van der Waals surface area contributed by atoms with Crippen LogP contribution in [0.25, 0.3) is 5.69 Å². The van der Waals surface area contributed by atoms with Gasteiger partial charge < -0.3 is 5.32 Å². The highest BCUT2D eigenvalue weighted by Gasteiger charge is 2.06. The molecule has 3 rings (SSSR count). The van der Waals surface area contributed by atoms with Gasteiger partial charge in [0.15, 0.2) is 0 Å². The molecule has 20 heavy (non-hydrogen) atoms. The fourth-order valence-corrected chi connectivity index (χ4v) is 1.90. The Hall–Kier alpha value is -2.76. The topological polar surface area (TPSA) is 68.5 Å². The zero-order valence-corrected chi connectivity index (χ0v) is 11.0. The fourth-order valence-electron chi connectivity index (χ4n) is 1.90. The van der Waals surface area contributed by atoms with Crippen LogP contribution in [0.1, 0.15) is 18.7 Å². The summed E-state index contributed by atoms with van der Waals surface area (Å²) >= 11 is 0. The average Bonchev–Trinajstić information content (AvgIpc) is 3.03. The molecular formula is C14H14N6. The van der Waals surface area contributed by atoms with Gasteiger partial charge in [0.25, 0.3) is 0 Å². The van der Waals surface area contributed by atoms with Gasteiger partial charge in [-0.15, -0.1) is 0 Å². The first-order valence-corrected chi connectivity index (χ1v) is 6.32.